The summed E-state index contributed by atoms with van der Waals surface area (Å²) in [5.74, 6) is 0.660. The highest BCUT2D eigenvalue weighted by Crippen LogP contribution is 2.33. The first kappa shape index (κ1) is 13.4. The fraction of sp³-hybridized carbons (Fsp3) is 0.294. The van der Waals surface area contributed by atoms with Crippen molar-refractivity contribution in [1.29, 1.82) is 0 Å². The Balaban J connectivity index is 2.20. The van der Waals surface area contributed by atoms with E-state index in [4.69, 9.17) is 0 Å². The predicted molar refractivity (Wildman–Crippen MR) is 83.0 cm³/mol. The van der Waals surface area contributed by atoms with Gasteiger partial charge in [-0.05, 0) is 22.6 Å². The maximum absolute atomic E-state index is 3.79. The summed E-state index contributed by atoms with van der Waals surface area (Å²) in [6, 6.07) is 19.4. The van der Waals surface area contributed by atoms with Gasteiger partial charge in [0.05, 0.1) is 0 Å². The second-order valence-electron chi connectivity index (χ2n) is 4.78. The van der Waals surface area contributed by atoms with Crippen molar-refractivity contribution < 1.29 is 0 Å². The molecule has 18 heavy (non-hydrogen) atoms. The molecule has 0 aliphatic rings. The molecule has 2 aromatic rings. The van der Waals surface area contributed by atoms with Gasteiger partial charge in [0.15, 0.2) is 0 Å². The Hall–Kier alpha value is -1.08. The smallest absolute Gasteiger partial charge is 0.0420 e. The number of benzene rings is 2. The van der Waals surface area contributed by atoms with Crippen LogP contribution in [-0.2, 0) is 0 Å². The van der Waals surface area contributed by atoms with E-state index in [0.29, 0.717) is 10.7 Å². The Kier molecular flexibility index (Phi) is 4.60. The third-order valence-electron chi connectivity index (χ3n) is 3.48. The number of hydrogen-bond acceptors (Lipinski definition) is 0. The highest BCUT2D eigenvalue weighted by atomic mass is 79.9. The van der Waals surface area contributed by atoms with E-state index in [9.17, 15) is 0 Å². The number of rotatable bonds is 4. The topological polar surface area (TPSA) is 0 Å². The molecular weight excluding hydrogens is 284 g/mol. The van der Waals surface area contributed by atoms with Gasteiger partial charge in [-0.1, -0.05) is 90.8 Å². The second kappa shape index (κ2) is 6.19. The maximum atomic E-state index is 3.79. The zero-order valence-corrected chi connectivity index (χ0v) is 12.5. The van der Waals surface area contributed by atoms with Crippen LogP contribution < -0.4 is 0 Å². The van der Waals surface area contributed by atoms with E-state index >= 15 is 0 Å². The quantitative estimate of drug-likeness (QED) is 0.623. The molecule has 2 aromatic carbocycles. The van der Waals surface area contributed by atoms with Gasteiger partial charge >= 0.3 is 0 Å². The largest absolute Gasteiger partial charge is 0.0836 e. The van der Waals surface area contributed by atoms with E-state index in [1.807, 2.05) is 0 Å². The van der Waals surface area contributed by atoms with Gasteiger partial charge < -0.3 is 0 Å². The molecule has 2 unspecified atom stereocenters. The lowest BCUT2D eigenvalue weighted by Crippen LogP contribution is -2.01. The average molecular weight is 303 g/mol. The lowest BCUT2D eigenvalue weighted by molar-refractivity contribution is 0.555. The molecule has 0 fully saturated rings. The summed E-state index contributed by atoms with van der Waals surface area (Å²) < 4.78 is 0. The van der Waals surface area contributed by atoms with Crippen molar-refractivity contribution in [3.05, 3.63) is 60.2 Å². The van der Waals surface area contributed by atoms with E-state index in [1.54, 1.807) is 0 Å². The molecule has 0 aromatic heterocycles. The molecule has 0 saturated heterocycles. The first-order chi connectivity index (χ1) is 8.72. The van der Waals surface area contributed by atoms with Crippen LogP contribution in [0.4, 0.5) is 0 Å². The van der Waals surface area contributed by atoms with E-state index in [1.165, 1.54) is 23.1 Å². The SMILES string of the molecule is CCC(C)C(Br)c1ccc(-c2ccccc2)cc1. The van der Waals surface area contributed by atoms with Crippen LogP contribution in [0, 0.1) is 5.92 Å². The summed E-state index contributed by atoms with van der Waals surface area (Å²) in [5, 5.41) is 0. The van der Waals surface area contributed by atoms with Crippen molar-refractivity contribution in [2.45, 2.75) is 25.1 Å². The minimum atomic E-state index is 0.451. The molecule has 2 atom stereocenters. The van der Waals surface area contributed by atoms with Crippen molar-refractivity contribution >= 4 is 15.9 Å². The van der Waals surface area contributed by atoms with Crippen molar-refractivity contribution in [2.24, 2.45) is 5.92 Å². The Bertz CT molecular complexity index is 473. The summed E-state index contributed by atoms with van der Waals surface area (Å²) in [4.78, 5) is 0.451. The van der Waals surface area contributed by atoms with Crippen LogP contribution in [0.3, 0.4) is 0 Å². The van der Waals surface area contributed by atoms with Crippen LogP contribution in [0.25, 0.3) is 11.1 Å². The third kappa shape index (κ3) is 3.02. The summed E-state index contributed by atoms with van der Waals surface area (Å²) in [6.45, 7) is 4.52. The Morgan fingerprint density at radius 3 is 2.00 bits per heavy atom. The van der Waals surface area contributed by atoms with Crippen LogP contribution in [0.1, 0.15) is 30.7 Å². The van der Waals surface area contributed by atoms with Crippen molar-refractivity contribution in [3.63, 3.8) is 0 Å². The molecule has 0 spiro atoms. The zero-order chi connectivity index (χ0) is 13.0. The fourth-order valence-electron chi connectivity index (χ4n) is 2.03. The molecule has 2 rings (SSSR count). The number of hydrogen-bond donors (Lipinski definition) is 0. The lowest BCUT2D eigenvalue weighted by Gasteiger charge is -2.17. The molecule has 0 aliphatic carbocycles. The molecule has 0 N–H and O–H groups in total. The number of halogens is 1. The summed E-state index contributed by atoms with van der Waals surface area (Å²) in [7, 11) is 0. The van der Waals surface area contributed by atoms with Gasteiger partial charge in [-0.15, -0.1) is 0 Å². The minimum absolute atomic E-state index is 0.451. The third-order valence-corrected chi connectivity index (χ3v) is 4.91. The predicted octanol–water partition coefficient (Wildman–Crippen LogP) is 5.84. The van der Waals surface area contributed by atoms with Crippen molar-refractivity contribution in [3.8, 4) is 11.1 Å². The molecule has 94 valence electrons. The van der Waals surface area contributed by atoms with Gasteiger partial charge in [-0.3, -0.25) is 0 Å². The van der Waals surface area contributed by atoms with Crippen LogP contribution in [0.5, 0.6) is 0 Å². The second-order valence-corrected chi connectivity index (χ2v) is 5.76. The normalized spacial score (nSPS) is 14.2. The van der Waals surface area contributed by atoms with Gasteiger partial charge in [-0.2, -0.15) is 0 Å². The Labute approximate surface area is 118 Å². The van der Waals surface area contributed by atoms with Gasteiger partial charge in [0.1, 0.15) is 0 Å². The molecule has 0 bridgehead atoms. The van der Waals surface area contributed by atoms with E-state index in [2.05, 4.69) is 84.4 Å². The monoisotopic (exact) mass is 302 g/mol. The molecule has 0 aliphatic heterocycles. The van der Waals surface area contributed by atoms with E-state index < -0.39 is 0 Å². The summed E-state index contributed by atoms with van der Waals surface area (Å²) in [6.07, 6.45) is 1.19. The summed E-state index contributed by atoms with van der Waals surface area (Å²) >= 11 is 3.79. The highest BCUT2D eigenvalue weighted by molar-refractivity contribution is 9.09. The minimum Gasteiger partial charge on any atom is -0.0836 e. The van der Waals surface area contributed by atoms with Gasteiger partial charge in [0.2, 0.25) is 0 Å². The van der Waals surface area contributed by atoms with Gasteiger partial charge in [-0.25, -0.2) is 0 Å². The lowest BCUT2D eigenvalue weighted by atomic mass is 9.96. The van der Waals surface area contributed by atoms with Crippen LogP contribution in [-0.4, -0.2) is 0 Å². The molecule has 1 heteroatoms. The van der Waals surface area contributed by atoms with Crippen molar-refractivity contribution in [2.75, 3.05) is 0 Å². The Morgan fingerprint density at radius 2 is 1.44 bits per heavy atom. The molecule has 0 radical (unpaired) electrons. The van der Waals surface area contributed by atoms with Crippen LogP contribution in [0.2, 0.25) is 0 Å². The van der Waals surface area contributed by atoms with E-state index in [-0.39, 0.29) is 0 Å². The molecule has 0 amide bonds. The number of alkyl halides is 1. The first-order valence-corrected chi connectivity index (χ1v) is 7.43. The standard InChI is InChI=1S/C17H19Br/c1-3-13(2)17(18)16-11-9-15(10-12-16)14-7-5-4-6-8-14/h4-13,17H,3H2,1-2H3. The van der Waals surface area contributed by atoms with Crippen LogP contribution in [0.15, 0.2) is 54.6 Å². The van der Waals surface area contributed by atoms with Gasteiger partial charge in [0, 0.05) is 4.83 Å². The maximum Gasteiger partial charge on any atom is 0.0420 e. The molecule has 0 nitrogen and oxygen atoms in total. The van der Waals surface area contributed by atoms with Crippen molar-refractivity contribution in [1.82, 2.24) is 0 Å². The average Bonchev–Trinajstić information content (AvgIpc) is 2.47. The van der Waals surface area contributed by atoms with Crippen LogP contribution >= 0.6 is 15.9 Å². The highest BCUT2D eigenvalue weighted by Gasteiger charge is 2.14. The van der Waals surface area contributed by atoms with E-state index in [0.717, 1.165) is 0 Å². The zero-order valence-electron chi connectivity index (χ0n) is 10.9. The summed E-state index contributed by atoms with van der Waals surface area (Å²) in [5.41, 5.74) is 3.92. The molecule has 0 heterocycles. The molecular formula is C17H19Br. The molecule has 0 saturated carbocycles. The van der Waals surface area contributed by atoms with Gasteiger partial charge in [0.25, 0.3) is 0 Å². The Morgan fingerprint density at radius 1 is 0.889 bits per heavy atom. The first-order valence-electron chi connectivity index (χ1n) is 6.51. The fourth-order valence-corrected chi connectivity index (χ4v) is 2.70.